The number of hydrogen-bond donors (Lipinski definition) is 2. The second-order valence-electron chi connectivity index (χ2n) is 6.35. The number of nitrogens with one attached hydrogen (secondary N) is 2. The number of carbonyl (C=O) groups is 3. The van der Waals surface area contributed by atoms with E-state index in [4.69, 9.17) is 4.74 Å². The molecule has 2 aromatic carbocycles. The normalized spacial score (nSPS) is 16.1. The summed E-state index contributed by atoms with van der Waals surface area (Å²) in [5, 5.41) is 5.52. The van der Waals surface area contributed by atoms with Crippen LogP contribution in [0.25, 0.3) is 0 Å². The Labute approximate surface area is 157 Å². The van der Waals surface area contributed by atoms with Crippen molar-refractivity contribution < 1.29 is 19.1 Å². The Balaban J connectivity index is 1.60. The van der Waals surface area contributed by atoms with E-state index in [9.17, 15) is 14.4 Å². The quantitative estimate of drug-likeness (QED) is 0.794. The van der Waals surface area contributed by atoms with Crippen molar-refractivity contribution in [3.63, 3.8) is 0 Å². The van der Waals surface area contributed by atoms with E-state index < -0.39 is 5.92 Å². The fourth-order valence-electron chi connectivity index (χ4n) is 2.88. The molecule has 0 spiro atoms. The van der Waals surface area contributed by atoms with Gasteiger partial charge in [-0.2, -0.15) is 0 Å². The van der Waals surface area contributed by atoms with Gasteiger partial charge >= 0.3 is 0 Å². The van der Waals surface area contributed by atoms with Crippen LogP contribution in [0.2, 0.25) is 0 Å². The van der Waals surface area contributed by atoms with Crippen LogP contribution in [-0.4, -0.2) is 43.3 Å². The minimum absolute atomic E-state index is 0.164. The third-order valence-corrected chi connectivity index (χ3v) is 4.51. The van der Waals surface area contributed by atoms with Crippen LogP contribution in [0.1, 0.15) is 16.8 Å². The number of carbonyl (C=O) groups excluding carboxylic acids is 3. The van der Waals surface area contributed by atoms with E-state index in [1.54, 1.807) is 67.6 Å². The summed E-state index contributed by atoms with van der Waals surface area (Å²) in [5.41, 5.74) is 1.66. The molecule has 1 saturated heterocycles. The van der Waals surface area contributed by atoms with Gasteiger partial charge in [0, 0.05) is 30.5 Å². The molecule has 27 heavy (non-hydrogen) atoms. The van der Waals surface area contributed by atoms with Crippen molar-refractivity contribution >= 4 is 29.1 Å². The van der Waals surface area contributed by atoms with Crippen LogP contribution in [0.4, 0.5) is 11.4 Å². The number of rotatable bonds is 5. The lowest BCUT2D eigenvalue weighted by atomic mass is 10.1. The molecule has 1 heterocycles. The van der Waals surface area contributed by atoms with Crippen LogP contribution in [0, 0.1) is 5.92 Å². The second kappa shape index (κ2) is 7.90. The summed E-state index contributed by atoms with van der Waals surface area (Å²) in [5.74, 6) is -0.679. The Bertz CT molecular complexity index is 847. The summed E-state index contributed by atoms with van der Waals surface area (Å²) in [4.78, 5) is 38.0. The molecular formula is C20H21N3O4. The molecular weight excluding hydrogens is 346 g/mol. The SMILES string of the molecule is COc1ccc(NC(=O)c2ccc(NC(=O)C3CCN(C)C3=O)cc2)cc1. The molecule has 1 unspecified atom stereocenters. The number of amides is 3. The molecule has 1 fully saturated rings. The number of benzene rings is 2. The average molecular weight is 367 g/mol. The Morgan fingerprint density at radius 3 is 2.15 bits per heavy atom. The van der Waals surface area contributed by atoms with Crippen molar-refractivity contribution in [2.24, 2.45) is 5.92 Å². The zero-order chi connectivity index (χ0) is 19.4. The molecule has 0 radical (unpaired) electrons. The van der Waals surface area contributed by atoms with Crippen LogP contribution in [0.3, 0.4) is 0 Å². The number of methoxy groups -OCH3 is 1. The molecule has 140 valence electrons. The van der Waals surface area contributed by atoms with Gasteiger partial charge in [0.25, 0.3) is 5.91 Å². The van der Waals surface area contributed by atoms with Gasteiger partial charge in [0.05, 0.1) is 7.11 Å². The lowest BCUT2D eigenvalue weighted by molar-refractivity contribution is -0.134. The summed E-state index contributed by atoms with van der Waals surface area (Å²) in [7, 11) is 3.26. The van der Waals surface area contributed by atoms with E-state index in [0.717, 1.165) is 0 Å². The van der Waals surface area contributed by atoms with Gasteiger partial charge in [-0.05, 0) is 55.0 Å². The van der Waals surface area contributed by atoms with Crippen molar-refractivity contribution in [2.75, 3.05) is 31.3 Å². The molecule has 1 aliphatic heterocycles. The zero-order valence-electron chi connectivity index (χ0n) is 15.2. The Morgan fingerprint density at radius 1 is 1.00 bits per heavy atom. The highest BCUT2D eigenvalue weighted by Gasteiger charge is 2.34. The average Bonchev–Trinajstić information content (AvgIpc) is 3.02. The van der Waals surface area contributed by atoms with Gasteiger partial charge in [0.1, 0.15) is 11.7 Å². The highest BCUT2D eigenvalue weighted by atomic mass is 16.5. The molecule has 3 amide bonds. The second-order valence-corrected chi connectivity index (χ2v) is 6.35. The number of hydrogen-bond acceptors (Lipinski definition) is 4. The van der Waals surface area contributed by atoms with Crippen molar-refractivity contribution in [1.82, 2.24) is 4.90 Å². The molecule has 7 nitrogen and oxygen atoms in total. The van der Waals surface area contributed by atoms with E-state index in [-0.39, 0.29) is 17.7 Å². The molecule has 0 bridgehead atoms. The molecule has 2 N–H and O–H groups in total. The molecule has 0 saturated carbocycles. The summed E-state index contributed by atoms with van der Waals surface area (Å²) >= 11 is 0. The maximum atomic E-state index is 12.3. The number of ether oxygens (including phenoxy) is 1. The first kappa shape index (κ1) is 18.4. The minimum atomic E-state index is -0.645. The van der Waals surface area contributed by atoms with E-state index >= 15 is 0 Å². The van der Waals surface area contributed by atoms with Crippen molar-refractivity contribution in [2.45, 2.75) is 6.42 Å². The van der Waals surface area contributed by atoms with Crippen LogP contribution in [0.15, 0.2) is 48.5 Å². The summed E-state index contributed by atoms with van der Waals surface area (Å²) < 4.78 is 5.08. The van der Waals surface area contributed by atoms with Gasteiger partial charge in [-0.3, -0.25) is 14.4 Å². The van der Waals surface area contributed by atoms with E-state index in [0.29, 0.717) is 35.7 Å². The molecule has 0 aliphatic carbocycles. The molecule has 1 atom stereocenters. The standard InChI is InChI=1S/C20H21N3O4/c1-23-12-11-17(20(23)26)19(25)22-14-5-3-13(4-6-14)18(24)21-15-7-9-16(27-2)10-8-15/h3-10,17H,11-12H2,1-2H3,(H,21,24)(H,22,25). The zero-order valence-corrected chi connectivity index (χ0v) is 15.2. The molecule has 7 heteroatoms. The van der Waals surface area contributed by atoms with Crippen molar-refractivity contribution in [3.8, 4) is 5.75 Å². The predicted molar refractivity (Wildman–Crippen MR) is 102 cm³/mol. The van der Waals surface area contributed by atoms with Gasteiger partial charge in [0.2, 0.25) is 11.8 Å². The lowest BCUT2D eigenvalue weighted by Gasteiger charge is -2.11. The summed E-state index contributed by atoms with van der Waals surface area (Å²) in [6.45, 7) is 0.585. The van der Waals surface area contributed by atoms with Gasteiger partial charge in [-0.15, -0.1) is 0 Å². The van der Waals surface area contributed by atoms with Gasteiger partial charge in [0.15, 0.2) is 0 Å². The third kappa shape index (κ3) is 4.25. The van der Waals surface area contributed by atoms with Crippen molar-refractivity contribution in [1.29, 1.82) is 0 Å². The highest BCUT2D eigenvalue weighted by molar-refractivity contribution is 6.08. The van der Waals surface area contributed by atoms with E-state index in [1.807, 2.05) is 0 Å². The van der Waals surface area contributed by atoms with Crippen LogP contribution in [-0.2, 0) is 9.59 Å². The van der Waals surface area contributed by atoms with Gasteiger partial charge < -0.3 is 20.3 Å². The van der Waals surface area contributed by atoms with Crippen LogP contribution >= 0.6 is 0 Å². The van der Waals surface area contributed by atoms with Gasteiger partial charge in [-0.1, -0.05) is 0 Å². The predicted octanol–water partition coefficient (Wildman–Crippen LogP) is 2.36. The Hall–Kier alpha value is -3.35. The number of anilines is 2. The lowest BCUT2D eigenvalue weighted by Crippen LogP contribution is -2.30. The van der Waals surface area contributed by atoms with Crippen LogP contribution in [0.5, 0.6) is 5.75 Å². The maximum absolute atomic E-state index is 12.3. The molecule has 3 rings (SSSR count). The Morgan fingerprint density at radius 2 is 1.59 bits per heavy atom. The fourth-order valence-corrected chi connectivity index (χ4v) is 2.88. The van der Waals surface area contributed by atoms with E-state index in [1.165, 1.54) is 0 Å². The summed E-state index contributed by atoms with van der Waals surface area (Å²) in [6, 6.07) is 13.6. The monoisotopic (exact) mass is 367 g/mol. The summed E-state index contributed by atoms with van der Waals surface area (Å²) in [6.07, 6.45) is 0.517. The minimum Gasteiger partial charge on any atom is -0.497 e. The van der Waals surface area contributed by atoms with Crippen molar-refractivity contribution in [3.05, 3.63) is 54.1 Å². The topological polar surface area (TPSA) is 87.7 Å². The Kier molecular flexibility index (Phi) is 5.40. The molecule has 2 aromatic rings. The first-order valence-corrected chi connectivity index (χ1v) is 8.59. The number of likely N-dealkylation sites (tertiary alicyclic amines) is 1. The highest BCUT2D eigenvalue weighted by Crippen LogP contribution is 2.20. The first-order valence-electron chi connectivity index (χ1n) is 8.59. The van der Waals surface area contributed by atoms with Gasteiger partial charge in [-0.25, -0.2) is 0 Å². The van der Waals surface area contributed by atoms with Crippen LogP contribution < -0.4 is 15.4 Å². The largest absolute Gasteiger partial charge is 0.497 e. The molecule has 1 aliphatic rings. The van der Waals surface area contributed by atoms with E-state index in [2.05, 4.69) is 10.6 Å². The fraction of sp³-hybridized carbons (Fsp3) is 0.250. The first-order chi connectivity index (χ1) is 13.0. The smallest absolute Gasteiger partial charge is 0.255 e. The number of nitrogens with zero attached hydrogens (tertiary/aromatic N) is 1. The molecule has 0 aromatic heterocycles. The third-order valence-electron chi connectivity index (χ3n) is 4.51. The maximum Gasteiger partial charge on any atom is 0.255 e.